The number of hydrogen-bond acceptors (Lipinski definition) is 7. The van der Waals surface area contributed by atoms with Gasteiger partial charge in [-0.15, -0.1) is 11.3 Å². The van der Waals surface area contributed by atoms with E-state index in [0.717, 1.165) is 21.4 Å². The number of nitrogens with two attached hydrogens (primary N) is 1. The van der Waals surface area contributed by atoms with Gasteiger partial charge in [0.15, 0.2) is 10.1 Å². The number of Topliss-reactive ketones (excluding diaryl/α,β-unsaturated/α-hetero) is 1. The number of aromatic nitrogens is 3. The highest BCUT2D eigenvalue weighted by Crippen LogP contribution is 2.28. The van der Waals surface area contributed by atoms with Gasteiger partial charge in [0, 0.05) is 18.0 Å². The fraction of sp³-hybridized carbons (Fsp3) is 0.130. The SMILES string of the molecule is Cn1c(=O)c(C(=O)CSc2nc(-c3ccccc3)cs2)c(N)n(Cc2ccccc2)c1=O. The average Bonchev–Trinajstić information content (AvgIpc) is 3.30. The van der Waals surface area contributed by atoms with Gasteiger partial charge in [-0.3, -0.25) is 18.7 Å². The van der Waals surface area contributed by atoms with E-state index in [2.05, 4.69) is 4.98 Å². The Morgan fingerprint density at radius 2 is 1.72 bits per heavy atom. The first kappa shape index (κ1) is 21.8. The molecule has 4 rings (SSSR count). The van der Waals surface area contributed by atoms with E-state index in [9.17, 15) is 14.4 Å². The molecule has 0 bridgehead atoms. The first-order valence-corrected chi connectivity index (χ1v) is 11.6. The van der Waals surface area contributed by atoms with E-state index in [1.54, 1.807) is 0 Å². The van der Waals surface area contributed by atoms with Crippen LogP contribution in [-0.4, -0.2) is 25.7 Å². The van der Waals surface area contributed by atoms with E-state index in [-0.39, 0.29) is 23.7 Å². The van der Waals surface area contributed by atoms with Crippen LogP contribution in [0, 0.1) is 0 Å². The molecular weight excluding hydrogens is 444 g/mol. The number of rotatable bonds is 7. The van der Waals surface area contributed by atoms with Crippen LogP contribution < -0.4 is 17.0 Å². The van der Waals surface area contributed by atoms with Crippen LogP contribution in [0.3, 0.4) is 0 Å². The summed E-state index contributed by atoms with van der Waals surface area (Å²) in [7, 11) is 1.35. The molecule has 9 heteroatoms. The number of anilines is 1. The summed E-state index contributed by atoms with van der Waals surface area (Å²) in [5.41, 5.74) is 7.40. The number of thioether (sulfide) groups is 1. The molecule has 162 valence electrons. The van der Waals surface area contributed by atoms with Crippen molar-refractivity contribution in [1.29, 1.82) is 0 Å². The smallest absolute Gasteiger partial charge is 0.332 e. The lowest BCUT2D eigenvalue weighted by molar-refractivity contribution is 0.102. The molecule has 2 N–H and O–H groups in total. The molecule has 0 saturated carbocycles. The lowest BCUT2D eigenvalue weighted by Gasteiger charge is -2.14. The second kappa shape index (κ2) is 9.37. The van der Waals surface area contributed by atoms with Gasteiger partial charge in [-0.25, -0.2) is 9.78 Å². The monoisotopic (exact) mass is 464 g/mol. The molecule has 2 aromatic carbocycles. The molecule has 4 aromatic rings. The van der Waals surface area contributed by atoms with Crippen molar-refractivity contribution in [3.63, 3.8) is 0 Å². The standard InChI is InChI=1S/C23H20N4O3S2/c1-26-21(29)19(20(24)27(23(26)30)12-15-8-4-2-5-9-15)18(28)14-32-22-25-17(13-31-22)16-10-6-3-7-11-16/h2-11,13H,12,14,24H2,1H3. The summed E-state index contributed by atoms with van der Waals surface area (Å²) in [5.74, 6) is -0.562. The molecule has 0 spiro atoms. The Labute approximate surface area is 192 Å². The minimum atomic E-state index is -0.688. The normalized spacial score (nSPS) is 10.9. The predicted molar refractivity (Wildman–Crippen MR) is 129 cm³/mol. The van der Waals surface area contributed by atoms with E-state index in [4.69, 9.17) is 5.73 Å². The molecule has 0 amide bonds. The van der Waals surface area contributed by atoms with Crippen LogP contribution in [0.15, 0.2) is 80.0 Å². The van der Waals surface area contributed by atoms with Crippen LogP contribution in [0.25, 0.3) is 11.3 Å². The topological polar surface area (TPSA) is 100.0 Å². The number of ketones is 1. The second-order valence-electron chi connectivity index (χ2n) is 7.06. The highest BCUT2D eigenvalue weighted by molar-refractivity contribution is 8.01. The first-order valence-electron chi connectivity index (χ1n) is 9.76. The lowest BCUT2D eigenvalue weighted by Crippen LogP contribution is -2.43. The average molecular weight is 465 g/mol. The zero-order valence-corrected chi connectivity index (χ0v) is 18.9. The molecule has 0 aliphatic rings. The van der Waals surface area contributed by atoms with Gasteiger partial charge < -0.3 is 5.73 Å². The number of thiazole rings is 1. The number of nitrogen functional groups attached to an aromatic ring is 1. The van der Waals surface area contributed by atoms with Crippen LogP contribution in [0.1, 0.15) is 15.9 Å². The minimum Gasteiger partial charge on any atom is -0.384 e. The van der Waals surface area contributed by atoms with Crippen molar-refractivity contribution in [3.8, 4) is 11.3 Å². The molecule has 0 saturated heterocycles. The fourth-order valence-electron chi connectivity index (χ4n) is 3.23. The Bertz CT molecular complexity index is 1380. The Balaban J connectivity index is 1.58. The van der Waals surface area contributed by atoms with Crippen molar-refractivity contribution < 1.29 is 4.79 Å². The van der Waals surface area contributed by atoms with Gasteiger partial charge in [-0.05, 0) is 5.56 Å². The van der Waals surface area contributed by atoms with Gasteiger partial charge >= 0.3 is 5.69 Å². The molecule has 0 aliphatic heterocycles. The maximum atomic E-state index is 13.0. The third kappa shape index (κ3) is 4.44. The molecule has 0 atom stereocenters. The van der Waals surface area contributed by atoms with Crippen LogP contribution in [0.4, 0.5) is 5.82 Å². The minimum absolute atomic E-state index is 0.00920. The fourth-order valence-corrected chi connectivity index (χ4v) is 4.94. The van der Waals surface area contributed by atoms with E-state index in [1.165, 1.54) is 34.7 Å². The zero-order chi connectivity index (χ0) is 22.7. The highest BCUT2D eigenvalue weighted by Gasteiger charge is 2.22. The van der Waals surface area contributed by atoms with Gasteiger partial charge in [0.1, 0.15) is 11.4 Å². The summed E-state index contributed by atoms with van der Waals surface area (Å²) in [5, 5.41) is 1.93. The molecule has 0 aliphatic carbocycles. The number of carbonyl (C=O) groups is 1. The van der Waals surface area contributed by atoms with Crippen molar-refractivity contribution in [1.82, 2.24) is 14.1 Å². The van der Waals surface area contributed by atoms with E-state index < -0.39 is 17.0 Å². The summed E-state index contributed by atoms with van der Waals surface area (Å²) < 4.78 is 2.89. The largest absolute Gasteiger partial charge is 0.384 e. The van der Waals surface area contributed by atoms with Crippen molar-refractivity contribution in [2.24, 2.45) is 7.05 Å². The van der Waals surface area contributed by atoms with E-state index in [0.29, 0.717) is 4.34 Å². The molecule has 32 heavy (non-hydrogen) atoms. The molecular formula is C23H20N4O3S2. The third-order valence-corrected chi connectivity index (χ3v) is 6.95. The van der Waals surface area contributed by atoms with Crippen molar-refractivity contribution >= 4 is 34.7 Å². The summed E-state index contributed by atoms with van der Waals surface area (Å²) >= 11 is 2.67. The Morgan fingerprint density at radius 1 is 1.06 bits per heavy atom. The van der Waals surface area contributed by atoms with Crippen LogP contribution in [0.5, 0.6) is 0 Å². The summed E-state index contributed by atoms with van der Waals surface area (Å²) in [4.78, 5) is 42.8. The number of nitrogens with zero attached hydrogens (tertiary/aromatic N) is 3. The predicted octanol–water partition coefficient (Wildman–Crippen LogP) is 3.28. The molecule has 2 aromatic heterocycles. The highest BCUT2D eigenvalue weighted by atomic mass is 32.2. The summed E-state index contributed by atoms with van der Waals surface area (Å²) in [6.45, 7) is 0.167. The maximum Gasteiger partial charge on any atom is 0.332 e. The van der Waals surface area contributed by atoms with E-state index in [1.807, 2.05) is 66.0 Å². The number of hydrogen-bond donors (Lipinski definition) is 1. The quantitative estimate of drug-likeness (QED) is 0.333. The zero-order valence-electron chi connectivity index (χ0n) is 17.2. The lowest BCUT2D eigenvalue weighted by atomic mass is 10.2. The van der Waals surface area contributed by atoms with Crippen molar-refractivity contribution in [3.05, 3.63) is 98.0 Å². The van der Waals surface area contributed by atoms with Gasteiger partial charge in [-0.1, -0.05) is 72.4 Å². The van der Waals surface area contributed by atoms with Gasteiger partial charge in [0.05, 0.1) is 18.0 Å². The van der Waals surface area contributed by atoms with Crippen LogP contribution in [-0.2, 0) is 13.6 Å². The Morgan fingerprint density at radius 3 is 2.41 bits per heavy atom. The number of carbonyl (C=O) groups excluding carboxylic acids is 1. The van der Waals surface area contributed by atoms with Gasteiger partial charge in [0.25, 0.3) is 5.56 Å². The second-order valence-corrected chi connectivity index (χ2v) is 9.14. The van der Waals surface area contributed by atoms with Gasteiger partial charge in [-0.2, -0.15) is 0 Å². The Hall–Kier alpha value is -3.43. The molecule has 0 fully saturated rings. The maximum absolute atomic E-state index is 13.0. The Kier molecular flexibility index (Phi) is 6.38. The molecule has 0 unspecified atom stereocenters. The first-order chi connectivity index (χ1) is 15.5. The van der Waals surface area contributed by atoms with Crippen molar-refractivity contribution in [2.45, 2.75) is 10.9 Å². The molecule has 2 heterocycles. The molecule has 0 radical (unpaired) electrons. The summed E-state index contributed by atoms with van der Waals surface area (Å²) in [6, 6.07) is 19.0. The van der Waals surface area contributed by atoms with Crippen LogP contribution >= 0.6 is 23.1 Å². The number of benzene rings is 2. The van der Waals surface area contributed by atoms with Gasteiger partial charge in [0.2, 0.25) is 0 Å². The van der Waals surface area contributed by atoms with Crippen molar-refractivity contribution in [2.75, 3.05) is 11.5 Å². The molecule has 7 nitrogen and oxygen atoms in total. The summed E-state index contributed by atoms with van der Waals surface area (Å²) in [6.07, 6.45) is 0. The van der Waals surface area contributed by atoms with Crippen LogP contribution in [0.2, 0.25) is 0 Å². The van der Waals surface area contributed by atoms with E-state index >= 15 is 0 Å². The third-order valence-electron chi connectivity index (χ3n) is 4.93.